The SMILES string of the molecule is CCNC(C)(CCCCN1CCOC2CCCC21)C(N)=O. The van der Waals surface area contributed by atoms with Gasteiger partial charge in [-0.2, -0.15) is 0 Å². The van der Waals surface area contributed by atoms with Crippen molar-refractivity contribution in [2.45, 2.75) is 70.1 Å². The fourth-order valence-corrected chi connectivity index (χ4v) is 3.77. The van der Waals surface area contributed by atoms with E-state index in [1.54, 1.807) is 0 Å². The van der Waals surface area contributed by atoms with E-state index >= 15 is 0 Å². The van der Waals surface area contributed by atoms with Crippen molar-refractivity contribution in [1.82, 2.24) is 10.2 Å². The maximum absolute atomic E-state index is 11.6. The maximum atomic E-state index is 11.6. The summed E-state index contributed by atoms with van der Waals surface area (Å²) in [5.74, 6) is -0.244. The standard InChI is InChI=1S/C16H31N3O2/c1-3-18-16(2,15(17)20)9-4-5-10-19-11-12-21-14-8-6-7-13(14)19/h13-14,18H,3-12H2,1-2H3,(H2,17,20). The van der Waals surface area contributed by atoms with Gasteiger partial charge in [0.1, 0.15) is 0 Å². The van der Waals surface area contributed by atoms with Crippen molar-refractivity contribution < 1.29 is 9.53 Å². The van der Waals surface area contributed by atoms with Crippen LogP contribution in [-0.4, -0.2) is 54.7 Å². The van der Waals surface area contributed by atoms with Crippen LogP contribution >= 0.6 is 0 Å². The zero-order valence-electron chi connectivity index (χ0n) is 13.6. The number of likely N-dealkylation sites (N-methyl/N-ethyl adjacent to an activating group) is 1. The minimum atomic E-state index is -0.560. The summed E-state index contributed by atoms with van der Waals surface area (Å²) in [5, 5.41) is 3.23. The van der Waals surface area contributed by atoms with Gasteiger partial charge < -0.3 is 15.8 Å². The predicted molar refractivity (Wildman–Crippen MR) is 84.1 cm³/mol. The summed E-state index contributed by atoms with van der Waals surface area (Å²) in [4.78, 5) is 14.2. The summed E-state index contributed by atoms with van der Waals surface area (Å²) < 4.78 is 5.84. The number of amides is 1. The molecule has 1 aliphatic heterocycles. The third-order valence-electron chi connectivity index (χ3n) is 5.08. The number of hydrogen-bond acceptors (Lipinski definition) is 4. The molecule has 0 radical (unpaired) electrons. The lowest BCUT2D eigenvalue weighted by Crippen LogP contribution is -2.53. The van der Waals surface area contributed by atoms with E-state index in [1.165, 1.54) is 19.3 Å². The molecular formula is C16H31N3O2. The average molecular weight is 297 g/mol. The predicted octanol–water partition coefficient (Wildman–Crippen LogP) is 1.26. The Hall–Kier alpha value is -0.650. The molecule has 3 unspecified atom stereocenters. The summed E-state index contributed by atoms with van der Waals surface area (Å²) in [6, 6.07) is 0.634. The minimum Gasteiger partial charge on any atom is -0.375 e. The van der Waals surface area contributed by atoms with E-state index in [2.05, 4.69) is 10.2 Å². The lowest BCUT2D eigenvalue weighted by Gasteiger charge is -2.38. The van der Waals surface area contributed by atoms with Crippen molar-refractivity contribution in [3.63, 3.8) is 0 Å². The molecule has 0 spiro atoms. The Balaban J connectivity index is 1.72. The summed E-state index contributed by atoms with van der Waals surface area (Å²) >= 11 is 0. The highest BCUT2D eigenvalue weighted by atomic mass is 16.5. The Morgan fingerprint density at radius 1 is 1.43 bits per heavy atom. The van der Waals surface area contributed by atoms with Crippen LogP contribution in [0.4, 0.5) is 0 Å². The number of ether oxygens (including phenoxy) is 1. The molecule has 1 aliphatic carbocycles. The minimum absolute atomic E-state index is 0.244. The van der Waals surface area contributed by atoms with Gasteiger partial charge in [0.05, 0.1) is 18.2 Å². The lowest BCUT2D eigenvalue weighted by molar-refractivity contribution is -0.124. The van der Waals surface area contributed by atoms with Gasteiger partial charge >= 0.3 is 0 Å². The fourth-order valence-electron chi connectivity index (χ4n) is 3.77. The zero-order valence-corrected chi connectivity index (χ0v) is 13.6. The van der Waals surface area contributed by atoms with Gasteiger partial charge in [-0.25, -0.2) is 0 Å². The molecule has 1 saturated carbocycles. The number of rotatable bonds is 8. The van der Waals surface area contributed by atoms with Gasteiger partial charge in [0.15, 0.2) is 0 Å². The Morgan fingerprint density at radius 2 is 2.24 bits per heavy atom. The topological polar surface area (TPSA) is 67.6 Å². The molecule has 1 saturated heterocycles. The number of nitrogens with zero attached hydrogens (tertiary/aromatic N) is 1. The first kappa shape index (κ1) is 16.7. The Kier molecular flexibility index (Phi) is 6.02. The Bertz CT molecular complexity index is 350. The highest BCUT2D eigenvalue weighted by Crippen LogP contribution is 2.29. The Morgan fingerprint density at radius 3 is 2.95 bits per heavy atom. The molecule has 1 heterocycles. The lowest BCUT2D eigenvalue weighted by atomic mass is 9.93. The first-order valence-corrected chi connectivity index (χ1v) is 8.47. The zero-order chi connectivity index (χ0) is 15.3. The van der Waals surface area contributed by atoms with Gasteiger partial charge in [0.25, 0.3) is 0 Å². The molecule has 0 aromatic heterocycles. The van der Waals surface area contributed by atoms with Crippen molar-refractivity contribution in [3.05, 3.63) is 0 Å². The normalized spacial score (nSPS) is 29.0. The van der Waals surface area contributed by atoms with Crippen LogP contribution in [0.5, 0.6) is 0 Å². The molecule has 0 bridgehead atoms. The molecule has 5 heteroatoms. The van der Waals surface area contributed by atoms with Crippen LogP contribution in [0.15, 0.2) is 0 Å². The number of carbonyl (C=O) groups excluding carboxylic acids is 1. The highest BCUT2D eigenvalue weighted by Gasteiger charge is 2.35. The van der Waals surface area contributed by atoms with Gasteiger partial charge in [-0.1, -0.05) is 6.92 Å². The first-order valence-electron chi connectivity index (χ1n) is 8.47. The van der Waals surface area contributed by atoms with E-state index in [0.29, 0.717) is 12.1 Å². The molecule has 0 aromatic rings. The first-order chi connectivity index (χ1) is 10.1. The van der Waals surface area contributed by atoms with Crippen LogP contribution in [0.25, 0.3) is 0 Å². The number of primary amides is 1. The van der Waals surface area contributed by atoms with Gasteiger partial charge in [-0.15, -0.1) is 0 Å². The van der Waals surface area contributed by atoms with Crippen LogP contribution in [0, 0.1) is 0 Å². The van der Waals surface area contributed by atoms with Crippen LogP contribution in [0.3, 0.4) is 0 Å². The smallest absolute Gasteiger partial charge is 0.237 e. The van der Waals surface area contributed by atoms with E-state index in [9.17, 15) is 4.79 Å². The molecule has 0 aromatic carbocycles. The summed E-state index contributed by atoms with van der Waals surface area (Å²) in [7, 11) is 0. The third-order valence-corrected chi connectivity index (χ3v) is 5.08. The summed E-state index contributed by atoms with van der Waals surface area (Å²) in [5.41, 5.74) is 4.96. The highest BCUT2D eigenvalue weighted by molar-refractivity contribution is 5.84. The average Bonchev–Trinajstić information content (AvgIpc) is 2.93. The molecule has 3 N–H and O–H groups in total. The van der Waals surface area contributed by atoms with Crippen molar-refractivity contribution in [2.24, 2.45) is 5.73 Å². The van der Waals surface area contributed by atoms with Crippen LogP contribution in [0.1, 0.15) is 52.4 Å². The maximum Gasteiger partial charge on any atom is 0.237 e. The second kappa shape index (κ2) is 7.56. The van der Waals surface area contributed by atoms with E-state index in [4.69, 9.17) is 10.5 Å². The van der Waals surface area contributed by atoms with Crippen LogP contribution < -0.4 is 11.1 Å². The van der Waals surface area contributed by atoms with E-state index in [-0.39, 0.29) is 5.91 Å². The van der Waals surface area contributed by atoms with Crippen molar-refractivity contribution in [2.75, 3.05) is 26.2 Å². The fraction of sp³-hybridized carbons (Fsp3) is 0.938. The largest absolute Gasteiger partial charge is 0.375 e. The van der Waals surface area contributed by atoms with Gasteiger partial charge in [-0.3, -0.25) is 9.69 Å². The summed E-state index contributed by atoms with van der Waals surface area (Å²) in [6.07, 6.45) is 7.23. The van der Waals surface area contributed by atoms with Crippen LogP contribution in [0.2, 0.25) is 0 Å². The molecule has 2 rings (SSSR count). The van der Waals surface area contributed by atoms with Gasteiger partial charge in [0, 0.05) is 12.6 Å². The molecular weight excluding hydrogens is 266 g/mol. The third kappa shape index (κ3) is 4.18. The Labute approximate surface area is 128 Å². The monoisotopic (exact) mass is 297 g/mol. The van der Waals surface area contributed by atoms with Crippen molar-refractivity contribution in [3.8, 4) is 0 Å². The number of nitrogens with one attached hydrogen (secondary N) is 1. The molecule has 21 heavy (non-hydrogen) atoms. The van der Waals surface area contributed by atoms with Crippen molar-refractivity contribution in [1.29, 1.82) is 0 Å². The molecule has 1 amide bonds. The number of hydrogen-bond donors (Lipinski definition) is 2. The molecule has 122 valence electrons. The number of fused-ring (bicyclic) bond motifs is 1. The van der Waals surface area contributed by atoms with E-state index in [0.717, 1.165) is 45.5 Å². The van der Waals surface area contributed by atoms with Crippen molar-refractivity contribution >= 4 is 5.91 Å². The van der Waals surface area contributed by atoms with Gasteiger partial charge in [-0.05, 0) is 58.5 Å². The number of nitrogens with two attached hydrogens (primary N) is 1. The van der Waals surface area contributed by atoms with Crippen LogP contribution in [-0.2, 0) is 9.53 Å². The summed E-state index contributed by atoms with van der Waals surface area (Å²) in [6.45, 7) is 7.74. The second-order valence-electron chi connectivity index (χ2n) is 6.63. The second-order valence-corrected chi connectivity index (χ2v) is 6.63. The number of unbranched alkanes of at least 4 members (excludes halogenated alkanes) is 1. The molecule has 3 atom stereocenters. The molecule has 2 fully saturated rings. The quantitative estimate of drug-likeness (QED) is 0.662. The number of carbonyl (C=O) groups is 1. The van der Waals surface area contributed by atoms with E-state index < -0.39 is 5.54 Å². The number of morpholine rings is 1. The molecule has 2 aliphatic rings. The molecule has 5 nitrogen and oxygen atoms in total. The van der Waals surface area contributed by atoms with E-state index in [1.807, 2.05) is 13.8 Å². The van der Waals surface area contributed by atoms with Gasteiger partial charge in [0.2, 0.25) is 5.91 Å².